The Labute approximate surface area is 115 Å². The SMILES string of the molecule is CCCn1c(C)nnc1CN1CCCCC1CCO. The van der Waals surface area contributed by atoms with Crippen LogP contribution in [0.1, 0.15) is 50.7 Å². The number of nitrogens with zero attached hydrogens (tertiary/aromatic N) is 4. The summed E-state index contributed by atoms with van der Waals surface area (Å²) < 4.78 is 2.23. The Morgan fingerprint density at radius 3 is 2.89 bits per heavy atom. The second-order valence-corrected chi connectivity index (χ2v) is 5.45. The van der Waals surface area contributed by atoms with E-state index in [0.29, 0.717) is 6.04 Å². The number of hydrogen-bond acceptors (Lipinski definition) is 4. The zero-order valence-corrected chi connectivity index (χ0v) is 12.2. The van der Waals surface area contributed by atoms with Gasteiger partial charge >= 0.3 is 0 Å². The molecular weight excluding hydrogens is 240 g/mol. The Balaban J connectivity index is 2.06. The second kappa shape index (κ2) is 7.01. The molecule has 5 heteroatoms. The highest BCUT2D eigenvalue weighted by Crippen LogP contribution is 2.21. The van der Waals surface area contributed by atoms with Crippen LogP contribution in [0, 0.1) is 6.92 Å². The summed E-state index contributed by atoms with van der Waals surface area (Å²) >= 11 is 0. The highest BCUT2D eigenvalue weighted by molar-refractivity contribution is 4.95. The van der Waals surface area contributed by atoms with Gasteiger partial charge in [-0.05, 0) is 39.2 Å². The highest BCUT2D eigenvalue weighted by atomic mass is 16.3. The summed E-state index contributed by atoms with van der Waals surface area (Å²) in [5.74, 6) is 2.08. The van der Waals surface area contributed by atoms with Crippen LogP contribution in [-0.4, -0.2) is 44.0 Å². The molecule has 1 unspecified atom stereocenters. The van der Waals surface area contributed by atoms with Crippen molar-refractivity contribution in [3.05, 3.63) is 11.6 Å². The molecule has 5 nitrogen and oxygen atoms in total. The quantitative estimate of drug-likeness (QED) is 0.852. The maximum Gasteiger partial charge on any atom is 0.147 e. The molecule has 0 saturated carbocycles. The predicted octanol–water partition coefficient (Wildman–Crippen LogP) is 1.73. The van der Waals surface area contributed by atoms with Crippen molar-refractivity contribution in [1.82, 2.24) is 19.7 Å². The van der Waals surface area contributed by atoms with E-state index < -0.39 is 0 Å². The van der Waals surface area contributed by atoms with E-state index in [1.807, 2.05) is 6.92 Å². The largest absolute Gasteiger partial charge is 0.396 e. The Hall–Kier alpha value is -0.940. The van der Waals surface area contributed by atoms with Gasteiger partial charge in [0, 0.05) is 19.2 Å². The van der Waals surface area contributed by atoms with Gasteiger partial charge in [0.25, 0.3) is 0 Å². The molecule has 0 spiro atoms. The molecule has 1 atom stereocenters. The zero-order valence-electron chi connectivity index (χ0n) is 12.2. The fourth-order valence-corrected chi connectivity index (χ4v) is 2.98. The van der Waals surface area contributed by atoms with Crippen molar-refractivity contribution >= 4 is 0 Å². The number of hydrogen-bond donors (Lipinski definition) is 1. The van der Waals surface area contributed by atoms with E-state index in [9.17, 15) is 5.11 Å². The van der Waals surface area contributed by atoms with E-state index >= 15 is 0 Å². The van der Waals surface area contributed by atoms with Crippen LogP contribution in [0.15, 0.2) is 0 Å². The average molecular weight is 266 g/mol. The molecule has 2 rings (SSSR count). The standard InChI is InChI=1S/C14H26N4O/c1-3-8-18-12(2)15-16-14(18)11-17-9-5-4-6-13(17)7-10-19/h13,19H,3-11H2,1-2H3. The summed E-state index contributed by atoms with van der Waals surface area (Å²) in [6.45, 7) is 7.45. The Morgan fingerprint density at radius 1 is 1.32 bits per heavy atom. The predicted molar refractivity (Wildman–Crippen MR) is 74.8 cm³/mol. The van der Waals surface area contributed by atoms with Gasteiger partial charge in [0.1, 0.15) is 11.6 Å². The lowest BCUT2D eigenvalue weighted by atomic mass is 10.00. The fraction of sp³-hybridized carbons (Fsp3) is 0.857. The molecule has 0 bridgehead atoms. The van der Waals surface area contributed by atoms with Gasteiger partial charge in [-0.2, -0.15) is 0 Å². The van der Waals surface area contributed by atoms with Crippen LogP contribution < -0.4 is 0 Å². The van der Waals surface area contributed by atoms with Crippen LogP contribution in [0.2, 0.25) is 0 Å². The molecule has 1 aliphatic rings. The number of aliphatic hydroxyl groups is 1. The van der Waals surface area contributed by atoms with E-state index in [-0.39, 0.29) is 6.61 Å². The first-order chi connectivity index (χ1) is 9.26. The summed E-state index contributed by atoms with van der Waals surface area (Å²) in [6, 6.07) is 0.505. The van der Waals surface area contributed by atoms with Crippen molar-refractivity contribution in [3.8, 4) is 0 Å². The lowest BCUT2D eigenvalue weighted by Gasteiger charge is -2.35. The molecule has 1 N–H and O–H groups in total. The van der Waals surface area contributed by atoms with Crippen LogP contribution in [0.25, 0.3) is 0 Å². The Bertz CT molecular complexity index is 389. The maximum absolute atomic E-state index is 9.19. The summed E-state index contributed by atoms with van der Waals surface area (Å²) in [6.07, 6.45) is 5.71. The number of aryl methyl sites for hydroxylation is 1. The van der Waals surface area contributed by atoms with E-state index in [4.69, 9.17) is 0 Å². The van der Waals surface area contributed by atoms with Crippen molar-refractivity contribution < 1.29 is 5.11 Å². The molecule has 1 saturated heterocycles. The molecular formula is C14H26N4O. The topological polar surface area (TPSA) is 54.2 Å². The van der Waals surface area contributed by atoms with Crippen molar-refractivity contribution in [2.24, 2.45) is 0 Å². The van der Waals surface area contributed by atoms with Crippen molar-refractivity contribution in [2.45, 2.75) is 65.1 Å². The minimum absolute atomic E-state index is 0.280. The first kappa shape index (κ1) is 14.5. The van der Waals surface area contributed by atoms with Crippen molar-refractivity contribution in [1.29, 1.82) is 0 Å². The van der Waals surface area contributed by atoms with E-state index in [0.717, 1.165) is 44.1 Å². The summed E-state index contributed by atoms with van der Waals surface area (Å²) in [5, 5.41) is 17.7. The van der Waals surface area contributed by atoms with Gasteiger partial charge in [-0.25, -0.2) is 0 Å². The van der Waals surface area contributed by atoms with Crippen molar-refractivity contribution in [2.75, 3.05) is 13.2 Å². The third-order valence-corrected chi connectivity index (χ3v) is 4.02. The van der Waals surface area contributed by atoms with Crippen LogP contribution in [0.5, 0.6) is 0 Å². The van der Waals surface area contributed by atoms with Gasteiger partial charge in [-0.1, -0.05) is 13.3 Å². The van der Waals surface area contributed by atoms with Crippen LogP contribution >= 0.6 is 0 Å². The summed E-state index contributed by atoms with van der Waals surface area (Å²) in [4.78, 5) is 2.47. The molecule has 0 radical (unpaired) electrons. The number of aliphatic hydroxyl groups excluding tert-OH is 1. The smallest absolute Gasteiger partial charge is 0.147 e. The van der Waals surface area contributed by atoms with Crippen LogP contribution in [-0.2, 0) is 13.1 Å². The fourth-order valence-electron chi connectivity index (χ4n) is 2.98. The second-order valence-electron chi connectivity index (χ2n) is 5.45. The lowest BCUT2D eigenvalue weighted by Crippen LogP contribution is -2.40. The molecule has 0 aliphatic carbocycles. The van der Waals surface area contributed by atoms with Gasteiger partial charge < -0.3 is 9.67 Å². The Kier molecular flexibility index (Phi) is 5.34. The number of rotatable bonds is 6. The molecule has 19 heavy (non-hydrogen) atoms. The zero-order chi connectivity index (χ0) is 13.7. The molecule has 0 aromatic carbocycles. The summed E-state index contributed by atoms with van der Waals surface area (Å²) in [7, 11) is 0. The third-order valence-electron chi connectivity index (χ3n) is 4.02. The first-order valence-electron chi connectivity index (χ1n) is 7.49. The van der Waals surface area contributed by atoms with E-state index in [1.54, 1.807) is 0 Å². The van der Waals surface area contributed by atoms with Gasteiger partial charge in [0.05, 0.1) is 6.54 Å². The van der Waals surface area contributed by atoms with Gasteiger partial charge in [-0.3, -0.25) is 4.90 Å². The number of piperidine rings is 1. The minimum Gasteiger partial charge on any atom is -0.396 e. The van der Waals surface area contributed by atoms with Crippen LogP contribution in [0.4, 0.5) is 0 Å². The first-order valence-corrected chi connectivity index (χ1v) is 7.49. The van der Waals surface area contributed by atoms with Crippen molar-refractivity contribution in [3.63, 3.8) is 0 Å². The maximum atomic E-state index is 9.19. The molecule has 2 heterocycles. The van der Waals surface area contributed by atoms with E-state index in [2.05, 4.69) is 26.6 Å². The molecule has 1 aliphatic heterocycles. The summed E-state index contributed by atoms with van der Waals surface area (Å²) in [5.41, 5.74) is 0. The Morgan fingerprint density at radius 2 is 2.16 bits per heavy atom. The minimum atomic E-state index is 0.280. The molecule has 1 fully saturated rings. The van der Waals surface area contributed by atoms with Gasteiger partial charge in [0.15, 0.2) is 0 Å². The molecule has 1 aromatic heterocycles. The monoisotopic (exact) mass is 266 g/mol. The van der Waals surface area contributed by atoms with Gasteiger partial charge in [0.2, 0.25) is 0 Å². The lowest BCUT2D eigenvalue weighted by molar-refractivity contribution is 0.108. The van der Waals surface area contributed by atoms with Crippen LogP contribution in [0.3, 0.4) is 0 Å². The molecule has 0 amide bonds. The molecule has 108 valence electrons. The van der Waals surface area contributed by atoms with Gasteiger partial charge in [-0.15, -0.1) is 10.2 Å². The number of likely N-dealkylation sites (tertiary alicyclic amines) is 1. The normalized spacial score (nSPS) is 20.9. The highest BCUT2D eigenvalue weighted by Gasteiger charge is 2.23. The molecule has 1 aromatic rings. The number of aromatic nitrogens is 3. The third kappa shape index (κ3) is 3.54. The van der Waals surface area contributed by atoms with E-state index in [1.165, 1.54) is 19.3 Å². The average Bonchev–Trinajstić information content (AvgIpc) is 2.75.